The van der Waals surface area contributed by atoms with E-state index in [0.717, 1.165) is 0 Å². The summed E-state index contributed by atoms with van der Waals surface area (Å²) in [4.78, 5) is 11.9. The lowest BCUT2D eigenvalue weighted by molar-refractivity contribution is 0.129. The van der Waals surface area contributed by atoms with Gasteiger partial charge in [0.2, 0.25) is 0 Å². The highest BCUT2D eigenvalue weighted by Crippen LogP contribution is 2.19. The molecular formula is C16H22N2O3S. The quantitative estimate of drug-likeness (QED) is 0.732. The molecule has 2 aromatic rings. The predicted octanol–water partition coefficient (Wildman–Crippen LogP) is 3.26. The van der Waals surface area contributed by atoms with Crippen molar-refractivity contribution in [3.8, 4) is 0 Å². The van der Waals surface area contributed by atoms with Crippen LogP contribution >= 0.6 is 11.3 Å². The van der Waals surface area contributed by atoms with Crippen molar-refractivity contribution in [2.75, 3.05) is 6.54 Å². The average Bonchev–Trinajstić information content (AvgIpc) is 3.16. The van der Waals surface area contributed by atoms with Gasteiger partial charge < -0.3 is 20.2 Å². The average molecular weight is 322 g/mol. The van der Waals surface area contributed by atoms with E-state index >= 15 is 0 Å². The van der Waals surface area contributed by atoms with Gasteiger partial charge in [0, 0.05) is 19.0 Å². The van der Waals surface area contributed by atoms with Crippen LogP contribution in [0.25, 0.3) is 0 Å². The van der Waals surface area contributed by atoms with Gasteiger partial charge in [0.15, 0.2) is 0 Å². The van der Waals surface area contributed by atoms with Crippen LogP contribution < -0.4 is 10.6 Å². The van der Waals surface area contributed by atoms with Gasteiger partial charge in [0.1, 0.15) is 11.9 Å². The largest absolute Gasteiger partial charge is 0.467 e. The standard InChI is InChI=1S/C16H22N2O3S/c1-11(13-5-7-22-10-13)9-17-16(20)18-12(2)8-14(19)15-4-3-6-21-15/h3-7,10-12,14,19H,8-9H2,1-2H3,(H2,17,18,20)/t11-,12+,14-/m0/s1. The van der Waals surface area contributed by atoms with Gasteiger partial charge in [-0.15, -0.1) is 0 Å². The number of thiophene rings is 1. The number of furan rings is 1. The Balaban J connectivity index is 1.70. The summed E-state index contributed by atoms with van der Waals surface area (Å²) >= 11 is 1.65. The van der Waals surface area contributed by atoms with Crippen LogP contribution in [0.5, 0.6) is 0 Å². The summed E-state index contributed by atoms with van der Waals surface area (Å²) in [5, 5.41) is 19.8. The zero-order chi connectivity index (χ0) is 15.9. The van der Waals surface area contributed by atoms with Crippen molar-refractivity contribution in [1.82, 2.24) is 10.6 Å². The molecule has 2 heterocycles. The third-order valence-corrected chi connectivity index (χ3v) is 4.21. The lowest BCUT2D eigenvalue weighted by atomic mass is 10.1. The van der Waals surface area contributed by atoms with E-state index < -0.39 is 6.10 Å². The summed E-state index contributed by atoms with van der Waals surface area (Å²) in [5.74, 6) is 0.793. The molecule has 5 nitrogen and oxygen atoms in total. The molecule has 3 N–H and O–H groups in total. The molecule has 0 aliphatic heterocycles. The molecule has 0 aromatic carbocycles. The summed E-state index contributed by atoms with van der Waals surface area (Å²) < 4.78 is 5.14. The summed E-state index contributed by atoms with van der Waals surface area (Å²) in [6.45, 7) is 4.51. The van der Waals surface area contributed by atoms with Crippen LogP contribution in [0.4, 0.5) is 4.79 Å². The highest BCUT2D eigenvalue weighted by atomic mass is 32.1. The first kappa shape index (κ1) is 16.6. The number of aliphatic hydroxyl groups is 1. The first-order valence-corrected chi connectivity index (χ1v) is 8.28. The van der Waals surface area contributed by atoms with Crippen LogP contribution in [0.1, 0.15) is 43.6 Å². The Hall–Kier alpha value is -1.79. The Morgan fingerprint density at radius 1 is 1.41 bits per heavy atom. The second-order valence-electron chi connectivity index (χ2n) is 5.48. The van der Waals surface area contributed by atoms with Crippen LogP contribution in [0.3, 0.4) is 0 Å². The van der Waals surface area contributed by atoms with Crippen molar-refractivity contribution in [3.05, 3.63) is 46.5 Å². The molecule has 2 rings (SSSR count). The third-order valence-electron chi connectivity index (χ3n) is 3.51. The Morgan fingerprint density at radius 2 is 2.23 bits per heavy atom. The maximum Gasteiger partial charge on any atom is 0.315 e. The molecule has 0 fully saturated rings. The third kappa shape index (κ3) is 4.89. The molecule has 22 heavy (non-hydrogen) atoms. The Labute approximate surface area is 134 Å². The maximum absolute atomic E-state index is 11.9. The van der Waals surface area contributed by atoms with Gasteiger partial charge in [-0.1, -0.05) is 6.92 Å². The van der Waals surface area contributed by atoms with Crippen LogP contribution in [0, 0.1) is 0 Å². The van der Waals surface area contributed by atoms with Crippen LogP contribution in [-0.4, -0.2) is 23.7 Å². The molecule has 0 saturated carbocycles. The molecule has 0 unspecified atom stereocenters. The van der Waals surface area contributed by atoms with E-state index in [0.29, 0.717) is 18.7 Å². The first-order chi connectivity index (χ1) is 10.6. The van der Waals surface area contributed by atoms with Crippen LogP contribution in [0.15, 0.2) is 39.6 Å². The van der Waals surface area contributed by atoms with Crippen LogP contribution in [-0.2, 0) is 0 Å². The van der Waals surface area contributed by atoms with Crippen molar-refractivity contribution in [2.45, 2.75) is 38.3 Å². The SMILES string of the molecule is C[C@H](C[C@H](O)c1ccco1)NC(=O)NC[C@H](C)c1ccsc1. The molecular weight excluding hydrogens is 300 g/mol. The maximum atomic E-state index is 11.9. The van der Waals surface area contributed by atoms with Gasteiger partial charge in [-0.25, -0.2) is 4.79 Å². The highest BCUT2D eigenvalue weighted by Gasteiger charge is 2.16. The normalized spacial score (nSPS) is 15.0. The number of aliphatic hydroxyl groups excluding tert-OH is 1. The van der Waals surface area contributed by atoms with E-state index in [4.69, 9.17) is 4.42 Å². The van der Waals surface area contributed by atoms with E-state index in [1.165, 1.54) is 11.8 Å². The Kier molecular flexibility index (Phi) is 6.03. The molecule has 0 radical (unpaired) electrons. The fraction of sp³-hybridized carbons (Fsp3) is 0.438. The minimum absolute atomic E-state index is 0.156. The molecule has 120 valence electrons. The fourth-order valence-corrected chi connectivity index (χ4v) is 2.97. The number of urea groups is 1. The Morgan fingerprint density at radius 3 is 2.86 bits per heavy atom. The van der Waals surface area contributed by atoms with Gasteiger partial charge in [0.05, 0.1) is 6.26 Å². The predicted molar refractivity (Wildman–Crippen MR) is 87.0 cm³/mol. The topological polar surface area (TPSA) is 74.5 Å². The van der Waals surface area contributed by atoms with E-state index in [-0.39, 0.29) is 18.0 Å². The van der Waals surface area contributed by atoms with E-state index in [2.05, 4.69) is 29.0 Å². The Bertz CT molecular complexity index is 554. The van der Waals surface area contributed by atoms with E-state index in [1.807, 2.05) is 12.3 Å². The number of hydrogen-bond donors (Lipinski definition) is 3. The molecule has 0 saturated heterocycles. The smallest absolute Gasteiger partial charge is 0.315 e. The fourth-order valence-electron chi connectivity index (χ4n) is 2.18. The van der Waals surface area contributed by atoms with Gasteiger partial charge >= 0.3 is 6.03 Å². The van der Waals surface area contributed by atoms with E-state index in [1.54, 1.807) is 23.5 Å². The number of carbonyl (C=O) groups excluding carboxylic acids is 1. The monoisotopic (exact) mass is 322 g/mol. The molecule has 0 spiro atoms. The lowest BCUT2D eigenvalue weighted by Gasteiger charge is -2.18. The number of amides is 2. The minimum atomic E-state index is -0.713. The molecule has 2 aromatic heterocycles. The highest BCUT2D eigenvalue weighted by molar-refractivity contribution is 7.07. The zero-order valence-corrected chi connectivity index (χ0v) is 13.6. The zero-order valence-electron chi connectivity index (χ0n) is 12.8. The summed E-state index contributed by atoms with van der Waals surface area (Å²) in [5.41, 5.74) is 1.23. The molecule has 6 heteroatoms. The van der Waals surface area contributed by atoms with Crippen molar-refractivity contribution >= 4 is 17.4 Å². The molecule has 3 atom stereocenters. The molecule has 0 aliphatic carbocycles. The van der Waals surface area contributed by atoms with E-state index in [9.17, 15) is 9.90 Å². The van der Waals surface area contributed by atoms with Gasteiger partial charge in [-0.3, -0.25) is 0 Å². The van der Waals surface area contributed by atoms with Crippen LogP contribution in [0.2, 0.25) is 0 Å². The number of carbonyl (C=O) groups is 1. The van der Waals surface area contributed by atoms with Gasteiger partial charge in [0.25, 0.3) is 0 Å². The first-order valence-electron chi connectivity index (χ1n) is 7.34. The lowest BCUT2D eigenvalue weighted by Crippen LogP contribution is -2.42. The molecule has 0 bridgehead atoms. The minimum Gasteiger partial charge on any atom is -0.467 e. The van der Waals surface area contributed by atoms with Crippen molar-refractivity contribution in [2.24, 2.45) is 0 Å². The summed E-state index contributed by atoms with van der Waals surface area (Å²) in [6, 6.07) is 5.14. The number of rotatable bonds is 7. The van der Waals surface area contributed by atoms with Gasteiger partial charge in [-0.05, 0) is 47.4 Å². The second kappa shape index (κ2) is 8.00. The van der Waals surface area contributed by atoms with Crippen molar-refractivity contribution < 1.29 is 14.3 Å². The molecule has 0 aliphatic rings. The second-order valence-corrected chi connectivity index (χ2v) is 6.26. The summed E-state index contributed by atoms with van der Waals surface area (Å²) in [7, 11) is 0. The van der Waals surface area contributed by atoms with Gasteiger partial charge in [-0.2, -0.15) is 11.3 Å². The summed E-state index contributed by atoms with van der Waals surface area (Å²) in [6.07, 6.45) is 1.21. The number of nitrogens with one attached hydrogen (secondary N) is 2. The molecule has 2 amide bonds. The number of hydrogen-bond acceptors (Lipinski definition) is 4. The van der Waals surface area contributed by atoms with Crippen molar-refractivity contribution in [3.63, 3.8) is 0 Å². The van der Waals surface area contributed by atoms with Crippen molar-refractivity contribution in [1.29, 1.82) is 0 Å².